The molecule has 0 aromatic rings. The third-order valence-electron chi connectivity index (χ3n) is 1.86. The van der Waals surface area contributed by atoms with Crippen molar-refractivity contribution in [1.82, 2.24) is 0 Å². The van der Waals surface area contributed by atoms with E-state index in [9.17, 15) is 9.70 Å². The predicted molar refractivity (Wildman–Crippen MR) is 68.2 cm³/mol. The van der Waals surface area contributed by atoms with Crippen LogP contribution in [0.1, 0.15) is 13.8 Å². The summed E-state index contributed by atoms with van der Waals surface area (Å²) in [6, 6.07) is 0. The number of rotatable bonds is 7. The molecule has 0 radical (unpaired) electrons. The highest BCUT2D eigenvalue weighted by atomic mass is 16.5. The van der Waals surface area contributed by atoms with Crippen molar-refractivity contribution in [2.75, 3.05) is 6.61 Å². The van der Waals surface area contributed by atoms with E-state index < -0.39 is 0 Å². The molecule has 4 heteroatoms. The number of esters is 1. The van der Waals surface area contributed by atoms with Gasteiger partial charge >= 0.3 is 5.97 Å². The largest absolute Gasteiger partial charge is 0.461 e. The second-order valence-corrected chi connectivity index (χ2v) is 3.57. The van der Waals surface area contributed by atoms with Crippen LogP contribution in [0.15, 0.2) is 53.9 Å². The Labute approximate surface area is 101 Å². The van der Waals surface area contributed by atoms with Gasteiger partial charge in [0.2, 0.25) is 0 Å². The molecule has 17 heavy (non-hydrogen) atoms. The Hall–Kier alpha value is -1.97. The number of ether oxygens (including phenoxy) is 1. The molecule has 0 saturated heterocycles. The zero-order chi connectivity index (χ0) is 13.3. The van der Waals surface area contributed by atoms with Crippen molar-refractivity contribution in [2.24, 2.45) is 11.1 Å². The third kappa shape index (κ3) is 5.61. The van der Waals surface area contributed by atoms with Gasteiger partial charge < -0.3 is 4.74 Å². The third-order valence-corrected chi connectivity index (χ3v) is 1.86. The van der Waals surface area contributed by atoms with Crippen LogP contribution in [0, 0.1) is 10.8 Å². The van der Waals surface area contributed by atoms with Gasteiger partial charge in [-0.2, -0.15) is 0 Å². The molecule has 4 nitrogen and oxygen atoms in total. The van der Waals surface area contributed by atoms with E-state index in [0.29, 0.717) is 5.57 Å². The predicted octanol–water partition coefficient (Wildman–Crippen LogP) is 3.13. The van der Waals surface area contributed by atoms with Gasteiger partial charge in [-0.3, -0.25) is 4.79 Å². The standard InChI is InChI=1S/C13H17NO3/c1-5-7-11(12(14-16)8-6-2)9-17-13(15)10(3)4/h5-8,10H,1-2,9H2,3-4H3/b11-7-,12-8+. The summed E-state index contributed by atoms with van der Waals surface area (Å²) in [7, 11) is 0. The first-order valence-corrected chi connectivity index (χ1v) is 5.21. The molecule has 0 fully saturated rings. The van der Waals surface area contributed by atoms with E-state index in [1.165, 1.54) is 18.2 Å². The summed E-state index contributed by atoms with van der Waals surface area (Å²) in [4.78, 5) is 21.9. The van der Waals surface area contributed by atoms with Crippen LogP contribution in [0.5, 0.6) is 0 Å². The molecule has 0 amide bonds. The Morgan fingerprint density at radius 2 is 1.88 bits per heavy atom. The van der Waals surface area contributed by atoms with Crippen molar-refractivity contribution < 1.29 is 9.53 Å². The molecular weight excluding hydrogens is 218 g/mol. The van der Waals surface area contributed by atoms with Crippen LogP contribution in [-0.2, 0) is 9.53 Å². The molecule has 0 unspecified atom stereocenters. The van der Waals surface area contributed by atoms with Gasteiger partial charge in [0.05, 0.1) is 5.92 Å². The minimum Gasteiger partial charge on any atom is -0.461 e. The molecule has 0 atom stereocenters. The quantitative estimate of drug-likeness (QED) is 0.387. The molecule has 0 N–H and O–H groups in total. The fourth-order valence-corrected chi connectivity index (χ4v) is 0.973. The van der Waals surface area contributed by atoms with Crippen molar-refractivity contribution in [3.05, 3.63) is 53.6 Å². The molecule has 0 spiro atoms. The first kappa shape index (κ1) is 15.0. The highest BCUT2D eigenvalue weighted by molar-refractivity contribution is 5.71. The summed E-state index contributed by atoms with van der Waals surface area (Å²) in [6.07, 6.45) is 5.97. The van der Waals surface area contributed by atoms with E-state index in [1.807, 2.05) is 0 Å². The van der Waals surface area contributed by atoms with E-state index >= 15 is 0 Å². The Bertz CT molecular complexity index is 365. The average molecular weight is 235 g/mol. The number of allylic oxidation sites excluding steroid dienone is 4. The lowest BCUT2D eigenvalue weighted by Crippen LogP contribution is -2.13. The van der Waals surface area contributed by atoms with E-state index in [2.05, 4.69) is 18.3 Å². The van der Waals surface area contributed by atoms with Gasteiger partial charge in [0.15, 0.2) is 0 Å². The van der Waals surface area contributed by atoms with Gasteiger partial charge in [0.1, 0.15) is 12.3 Å². The van der Waals surface area contributed by atoms with Crippen LogP contribution in [0.25, 0.3) is 0 Å². The molecular formula is C13H17NO3. The minimum absolute atomic E-state index is 0.00551. The number of nitrogens with zero attached hydrogens (tertiary/aromatic N) is 1. The zero-order valence-electron chi connectivity index (χ0n) is 10.2. The Morgan fingerprint density at radius 3 is 2.29 bits per heavy atom. The lowest BCUT2D eigenvalue weighted by atomic mass is 10.1. The van der Waals surface area contributed by atoms with Crippen molar-refractivity contribution in [2.45, 2.75) is 13.8 Å². The van der Waals surface area contributed by atoms with Crippen LogP contribution in [0.3, 0.4) is 0 Å². The summed E-state index contributed by atoms with van der Waals surface area (Å²) in [5.74, 6) is -0.542. The van der Waals surface area contributed by atoms with Crippen LogP contribution >= 0.6 is 0 Å². The van der Waals surface area contributed by atoms with E-state index in [1.54, 1.807) is 19.9 Å². The Morgan fingerprint density at radius 1 is 1.29 bits per heavy atom. The summed E-state index contributed by atoms with van der Waals surface area (Å²) in [5.41, 5.74) is 0.667. The molecule has 92 valence electrons. The lowest BCUT2D eigenvalue weighted by Gasteiger charge is -2.09. The number of hydrogen-bond acceptors (Lipinski definition) is 4. The van der Waals surface area contributed by atoms with Gasteiger partial charge in [-0.1, -0.05) is 45.2 Å². The van der Waals surface area contributed by atoms with Gasteiger partial charge in [0.25, 0.3) is 0 Å². The topological polar surface area (TPSA) is 55.7 Å². The highest BCUT2D eigenvalue weighted by Gasteiger charge is 2.11. The van der Waals surface area contributed by atoms with E-state index in [4.69, 9.17) is 4.74 Å². The SMILES string of the molecule is C=C/C=C(COC(=O)C(C)C)\C(=C/C=C)N=O. The molecule has 0 bridgehead atoms. The number of carbonyl (C=O) groups excluding carboxylic acids is 1. The Balaban J connectivity index is 4.77. The molecule has 0 aliphatic rings. The smallest absolute Gasteiger partial charge is 0.308 e. The fourth-order valence-electron chi connectivity index (χ4n) is 0.973. The van der Waals surface area contributed by atoms with Crippen molar-refractivity contribution in [3.8, 4) is 0 Å². The summed E-state index contributed by atoms with van der Waals surface area (Å²) >= 11 is 0. The first-order chi connectivity index (χ1) is 8.06. The van der Waals surface area contributed by atoms with Crippen molar-refractivity contribution >= 4 is 5.97 Å². The van der Waals surface area contributed by atoms with Crippen LogP contribution < -0.4 is 0 Å². The van der Waals surface area contributed by atoms with Gasteiger partial charge in [-0.15, -0.1) is 4.91 Å². The average Bonchev–Trinajstić information content (AvgIpc) is 2.31. The maximum absolute atomic E-state index is 11.3. The van der Waals surface area contributed by atoms with Crippen molar-refractivity contribution in [3.63, 3.8) is 0 Å². The number of nitroso groups, excluding NO2 is 1. The zero-order valence-corrected chi connectivity index (χ0v) is 10.2. The number of hydrogen-bond donors (Lipinski definition) is 0. The molecule has 0 aliphatic heterocycles. The molecule has 0 aromatic heterocycles. The second-order valence-electron chi connectivity index (χ2n) is 3.57. The fraction of sp³-hybridized carbons (Fsp3) is 0.308. The molecule has 0 aliphatic carbocycles. The van der Waals surface area contributed by atoms with Gasteiger partial charge in [-0.05, 0) is 11.3 Å². The monoisotopic (exact) mass is 235 g/mol. The first-order valence-electron chi connectivity index (χ1n) is 5.21. The van der Waals surface area contributed by atoms with E-state index in [0.717, 1.165) is 0 Å². The summed E-state index contributed by atoms with van der Waals surface area (Å²) < 4.78 is 5.02. The maximum Gasteiger partial charge on any atom is 0.308 e. The summed E-state index contributed by atoms with van der Waals surface area (Å²) in [6.45, 7) is 10.5. The minimum atomic E-state index is -0.330. The summed E-state index contributed by atoms with van der Waals surface area (Å²) in [5, 5.41) is 2.85. The molecule has 0 saturated carbocycles. The van der Waals surface area contributed by atoms with Crippen molar-refractivity contribution in [1.29, 1.82) is 0 Å². The second kappa shape index (κ2) is 8.21. The number of carbonyl (C=O) groups is 1. The maximum atomic E-state index is 11.3. The van der Waals surface area contributed by atoms with E-state index in [-0.39, 0.29) is 24.2 Å². The van der Waals surface area contributed by atoms with Gasteiger partial charge in [0, 0.05) is 5.57 Å². The molecule has 0 heterocycles. The van der Waals surface area contributed by atoms with Crippen LogP contribution in [0.2, 0.25) is 0 Å². The molecule has 0 aromatic carbocycles. The highest BCUT2D eigenvalue weighted by Crippen LogP contribution is 2.13. The lowest BCUT2D eigenvalue weighted by molar-refractivity contribution is -0.146. The molecule has 0 rings (SSSR count). The Kier molecular flexibility index (Phi) is 7.26. The van der Waals surface area contributed by atoms with Crippen LogP contribution in [0.4, 0.5) is 0 Å². The van der Waals surface area contributed by atoms with Gasteiger partial charge in [-0.25, -0.2) is 0 Å². The normalized spacial score (nSPS) is 12.2. The van der Waals surface area contributed by atoms with Crippen LogP contribution in [-0.4, -0.2) is 12.6 Å².